The van der Waals surface area contributed by atoms with Gasteiger partial charge in [-0.25, -0.2) is 5.06 Å². The minimum absolute atomic E-state index is 0.379. The summed E-state index contributed by atoms with van der Waals surface area (Å²) in [4.78, 5) is 13.9. The first-order valence-corrected chi connectivity index (χ1v) is 4.75. The molecule has 1 amide bonds. The fraction of sp³-hybridized carbons (Fsp3) is 0.600. The van der Waals surface area contributed by atoms with Crippen molar-refractivity contribution in [2.45, 2.75) is 26.2 Å². The highest BCUT2D eigenvalue weighted by Gasteiger charge is 1.97. The Morgan fingerprint density at radius 1 is 1.57 bits per heavy atom. The van der Waals surface area contributed by atoms with Gasteiger partial charge in [0, 0.05) is 19.8 Å². The zero-order valence-corrected chi connectivity index (χ0v) is 8.81. The van der Waals surface area contributed by atoms with Crippen LogP contribution in [0.3, 0.4) is 0 Å². The van der Waals surface area contributed by atoms with Crippen molar-refractivity contribution in [2.24, 2.45) is 4.99 Å². The minimum atomic E-state index is 0.379. The fourth-order valence-corrected chi connectivity index (χ4v) is 1.08. The molecule has 0 saturated carbocycles. The standard InChI is InChI=1S/C10H18N2O2/c1-3-10(6-7-11-2)5-4-8-12(14)9-13/h6-7,9,14H,3-5,8H2,1-2H3/b10-6+,11-7?. The van der Waals surface area contributed by atoms with E-state index in [0.717, 1.165) is 19.3 Å². The van der Waals surface area contributed by atoms with Gasteiger partial charge in [0.05, 0.1) is 0 Å². The SMILES string of the molecule is CC/C(=C\C=NC)CCCN(O)C=O. The first-order chi connectivity index (χ1) is 6.74. The maximum absolute atomic E-state index is 10.1. The van der Waals surface area contributed by atoms with Gasteiger partial charge in [0.15, 0.2) is 0 Å². The van der Waals surface area contributed by atoms with Gasteiger partial charge in [0.2, 0.25) is 6.41 Å². The van der Waals surface area contributed by atoms with E-state index < -0.39 is 0 Å². The Morgan fingerprint density at radius 3 is 2.79 bits per heavy atom. The Bertz CT molecular complexity index is 212. The average molecular weight is 198 g/mol. The molecule has 0 spiro atoms. The number of allylic oxidation sites excluding steroid dienone is 2. The Balaban J connectivity index is 3.78. The summed E-state index contributed by atoms with van der Waals surface area (Å²) >= 11 is 0. The lowest BCUT2D eigenvalue weighted by Crippen LogP contribution is -2.17. The maximum atomic E-state index is 10.1. The second-order valence-corrected chi connectivity index (χ2v) is 2.96. The zero-order valence-electron chi connectivity index (χ0n) is 8.81. The summed E-state index contributed by atoms with van der Waals surface area (Å²) in [5, 5.41) is 9.51. The first-order valence-electron chi connectivity index (χ1n) is 4.75. The van der Waals surface area contributed by atoms with Crippen LogP contribution in [-0.4, -0.2) is 36.5 Å². The molecule has 4 nitrogen and oxygen atoms in total. The van der Waals surface area contributed by atoms with E-state index in [4.69, 9.17) is 5.21 Å². The van der Waals surface area contributed by atoms with Gasteiger partial charge >= 0.3 is 0 Å². The summed E-state index contributed by atoms with van der Waals surface area (Å²) in [6.07, 6.45) is 6.78. The molecule has 14 heavy (non-hydrogen) atoms. The van der Waals surface area contributed by atoms with E-state index in [9.17, 15) is 4.79 Å². The number of hydrogen-bond donors (Lipinski definition) is 1. The van der Waals surface area contributed by atoms with Crippen LogP contribution in [0.15, 0.2) is 16.6 Å². The molecule has 0 aliphatic rings. The van der Waals surface area contributed by atoms with E-state index >= 15 is 0 Å². The van der Waals surface area contributed by atoms with Gasteiger partial charge in [0.25, 0.3) is 0 Å². The molecule has 0 saturated heterocycles. The number of amides is 1. The molecule has 0 aromatic rings. The average Bonchev–Trinajstić information content (AvgIpc) is 2.22. The fourth-order valence-electron chi connectivity index (χ4n) is 1.08. The number of aliphatic imine (C=N–C) groups is 1. The predicted molar refractivity (Wildman–Crippen MR) is 56.6 cm³/mol. The molecule has 80 valence electrons. The van der Waals surface area contributed by atoms with Crippen LogP contribution in [0.2, 0.25) is 0 Å². The smallest absolute Gasteiger partial charge is 0.233 e. The maximum Gasteiger partial charge on any atom is 0.233 e. The Labute approximate surface area is 84.9 Å². The molecule has 0 aliphatic carbocycles. The summed E-state index contributed by atoms with van der Waals surface area (Å²) in [5.74, 6) is 0. The number of hydroxylamine groups is 2. The normalized spacial score (nSPS) is 12.1. The number of nitrogens with zero attached hydrogens (tertiary/aromatic N) is 2. The number of carbonyl (C=O) groups is 1. The molecule has 0 heterocycles. The van der Waals surface area contributed by atoms with Crippen LogP contribution in [0.1, 0.15) is 26.2 Å². The van der Waals surface area contributed by atoms with Crippen molar-refractivity contribution in [3.63, 3.8) is 0 Å². The second kappa shape index (κ2) is 8.44. The summed E-state index contributed by atoms with van der Waals surface area (Å²) in [5.41, 5.74) is 1.27. The molecule has 4 heteroatoms. The lowest BCUT2D eigenvalue weighted by Gasteiger charge is -2.08. The lowest BCUT2D eigenvalue weighted by molar-refractivity contribution is -0.149. The summed E-state index contributed by atoms with van der Waals surface area (Å²) in [6, 6.07) is 0. The van der Waals surface area contributed by atoms with Gasteiger partial charge in [-0.05, 0) is 25.3 Å². The van der Waals surface area contributed by atoms with Crippen molar-refractivity contribution in [1.29, 1.82) is 0 Å². The van der Waals surface area contributed by atoms with Crippen LogP contribution in [0, 0.1) is 0 Å². The van der Waals surface area contributed by atoms with E-state index in [0.29, 0.717) is 18.0 Å². The van der Waals surface area contributed by atoms with Gasteiger partial charge < -0.3 is 0 Å². The second-order valence-electron chi connectivity index (χ2n) is 2.96. The topological polar surface area (TPSA) is 52.9 Å². The van der Waals surface area contributed by atoms with Gasteiger partial charge in [-0.1, -0.05) is 12.5 Å². The quantitative estimate of drug-likeness (QED) is 0.293. The molecule has 0 atom stereocenters. The van der Waals surface area contributed by atoms with Crippen molar-refractivity contribution in [3.8, 4) is 0 Å². The predicted octanol–water partition coefficient (Wildman–Crippen LogP) is 1.65. The van der Waals surface area contributed by atoms with Crippen molar-refractivity contribution in [2.75, 3.05) is 13.6 Å². The lowest BCUT2D eigenvalue weighted by atomic mass is 10.1. The number of hydrogen-bond acceptors (Lipinski definition) is 3. The third-order valence-electron chi connectivity index (χ3n) is 1.92. The van der Waals surface area contributed by atoms with E-state index in [-0.39, 0.29) is 0 Å². The highest BCUT2D eigenvalue weighted by molar-refractivity contribution is 5.71. The first kappa shape index (κ1) is 12.8. The van der Waals surface area contributed by atoms with Crippen LogP contribution in [-0.2, 0) is 4.79 Å². The van der Waals surface area contributed by atoms with E-state index in [1.807, 2.05) is 6.08 Å². The highest BCUT2D eigenvalue weighted by Crippen LogP contribution is 2.08. The molecular formula is C10H18N2O2. The van der Waals surface area contributed by atoms with Crippen molar-refractivity contribution < 1.29 is 10.0 Å². The molecule has 0 aromatic heterocycles. The van der Waals surface area contributed by atoms with Gasteiger partial charge in [-0.2, -0.15) is 0 Å². The van der Waals surface area contributed by atoms with Crippen molar-refractivity contribution in [3.05, 3.63) is 11.6 Å². The van der Waals surface area contributed by atoms with Gasteiger partial charge in [0.1, 0.15) is 0 Å². The highest BCUT2D eigenvalue weighted by atomic mass is 16.5. The largest absolute Gasteiger partial charge is 0.297 e. The molecule has 0 rings (SSSR count). The molecule has 0 fully saturated rings. The third kappa shape index (κ3) is 6.37. The van der Waals surface area contributed by atoms with Crippen LogP contribution in [0.4, 0.5) is 0 Å². The molecule has 1 N–H and O–H groups in total. The van der Waals surface area contributed by atoms with Crippen LogP contribution < -0.4 is 0 Å². The monoisotopic (exact) mass is 198 g/mol. The van der Waals surface area contributed by atoms with Crippen molar-refractivity contribution in [1.82, 2.24) is 5.06 Å². The Kier molecular flexibility index (Phi) is 7.74. The molecule has 0 aromatic carbocycles. The number of carbonyl (C=O) groups excluding carboxylic acids is 1. The molecule has 0 unspecified atom stereocenters. The minimum Gasteiger partial charge on any atom is -0.297 e. The summed E-state index contributed by atoms with van der Waals surface area (Å²) < 4.78 is 0. The molecule has 0 aliphatic heterocycles. The zero-order chi connectivity index (χ0) is 10.8. The van der Waals surface area contributed by atoms with Gasteiger partial charge in [-0.15, -0.1) is 0 Å². The third-order valence-corrected chi connectivity index (χ3v) is 1.92. The number of rotatable bonds is 7. The van der Waals surface area contributed by atoms with Crippen molar-refractivity contribution >= 4 is 12.6 Å². The van der Waals surface area contributed by atoms with Crippen LogP contribution in [0.5, 0.6) is 0 Å². The molecule has 0 bridgehead atoms. The summed E-state index contributed by atoms with van der Waals surface area (Å²) in [6.45, 7) is 2.45. The molecular weight excluding hydrogens is 180 g/mol. The van der Waals surface area contributed by atoms with Crippen LogP contribution in [0.25, 0.3) is 0 Å². The van der Waals surface area contributed by atoms with E-state index in [1.165, 1.54) is 5.57 Å². The Hall–Kier alpha value is -1.16. The van der Waals surface area contributed by atoms with Gasteiger partial charge in [-0.3, -0.25) is 15.0 Å². The summed E-state index contributed by atoms with van der Waals surface area (Å²) in [7, 11) is 1.73. The molecule has 0 radical (unpaired) electrons. The van der Waals surface area contributed by atoms with Crippen LogP contribution >= 0.6 is 0 Å². The van der Waals surface area contributed by atoms with E-state index in [2.05, 4.69) is 11.9 Å². The Morgan fingerprint density at radius 2 is 2.29 bits per heavy atom. The van der Waals surface area contributed by atoms with E-state index in [1.54, 1.807) is 13.3 Å².